The van der Waals surface area contributed by atoms with Crippen molar-refractivity contribution in [2.45, 2.75) is 26.3 Å². The van der Waals surface area contributed by atoms with Crippen LogP contribution in [0.5, 0.6) is 0 Å². The van der Waals surface area contributed by atoms with Crippen LogP contribution >= 0.6 is 11.3 Å². The number of anilines is 2. The molecule has 1 atom stereocenters. The number of hydrogen-bond donors (Lipinski definition) is 3. The fourth-order valence-corrected chi connectivity index (χ4v) is 4.50. The summed E-state index contributed by atoms with van der Waals surface area (Å²) in [5.41, 5.74) is 7.28. The van der Waals surface area contributed by atoms with Gasteiger partial charge in [0.25, 0.3) is 11.8 Å². The minimum Gasteiger partial charge on any atom is -0.351 e. The minimum absolute atomic E-state index is 0.0242. The van der Waals surface area contributed by atoms with E-state index in [4.69, 9.17) is 5.73 Å². The molecule has 1 aromatic heterocycles. The molecule has 9 heteroatoms. The van der Waals surface area contributed by atoms with Crippen LogP contribution in [0, 0.1) is 11.2 Å². The second kappa shape index (κ2) is 9.97. The number of fused-ring (bicyclic) bond motifs is 1. The minimum atomic E-state index is -0.656. The summed E-state index contributed by atoms with van der Waals surface area (Å²) in [4.78, 5) is 41.4. The van der Waals surface area contributed by atoms with Gasteiger partial charge in [-0.05, 0) is 59.3 Å². The maximum atomic E-state index is 13.6. The lowest BCUT2D eigenvalue weighted by Crippen LogP contribution is -2.38. The zero-order chi connectivity index (χ0) is 25.2. The molecular formula is C26H27FN4O3S. The third-order valence-electron chi connectivity index (χ3n) is 5.97. The fraction of sp³-hybridized carbons (Fsp3) is 0.269. The van der Waals surface area contributed by atoms with Crippen LogP contribution in [0.15, 0.2) is 60.0 Å². The Labute approximate surface area is 207 Å². The molecular weight excluding hydrogens is 467 g/mol. The first-order valence-electron chi connectivity index (χ1n) is 11.2. The molecule has 182 valence electrons. The number of rotatable bonds is 6. The molecule has 0 bridgehead atoms. The Balaban J connectivity index is 1.75. The predicted octanol–water partition coefficient (Wildman–Crippen LogP) is 4.33. The van der Waals surface area contributed by atoms with Gasteiger partial charge in [-0.3, -0.25) is 19.3 Å². The Bertz CT molecular complexity index is 1240. The lowest BCUT2D eigenvalue weighted by molar-refractivity contribution is -0.116. The molecule has 2 aromatic carbocycles. The highest BCUT2D eigenvalue weighted by molar-refractivity contribution is 7.12. The smallest absolute Gasteiger partial charge is 0.268 e. The highest BCUT2D eigenvalue weighted by atomic mass is 32.1. The van der Waals surface area contributed by atoms with Crippen LogP contribution in [-0.4, -0.2) is 30.8 Å². The average Bonchev–Trinajstić information content (AvgIpc) is 3.33. The molecule has 0 fully saturated rings. The van der Waals surface area contributed by atoms with E-state index in [1.165, 1.54) is 23.5 Å². The number of amides is 3. The summed E-state index contributed by atoms with van der Waals surface area (Å²) in [6.07, 6.45) is -0.0242. The van der Waals surface area contributed by atoms with Gasteiger partial charge in [-0.15, -0.1) is 11.3 Å². The Morgan fingerprint density at radius 3 is 2.60 bits per heavy atom. The number of carbonyl (C=O) groups is 3. The molecule has 35 heavy (non-hydrogen) atoms. The van der Waals surface area contributed by atoms with Gasteiger partial charge in [0.15, 0.2) is 0 Å². The van der Waals surface area contributed by atoms with Crippen LogP contribution in [0.3, 0.4) is 0 Å². The van der Waals surface area contributed by atoms with Crippen LogP contribution in [0.1, 0.15) is 51.9 Å². The van der Waals surface area contributed by atoms with Crippen molar-refractivity contribution in [3.63, 3.8) is 0 Å². The number of halogens is 1. The molecule has 4 N–H and O–H groups in total. The number of hydrogen-bond acceptors (Lipinski definition) is 5. The molecule has 1 aliphatic heterocycles. The Morgan fingerprint density at radius 1 is 1.20 bits per heavy atom. The maximum Gasteiger partial charge on any atom is 0.268 e. The molecule has 0 radical (unpaired) electrons. The molecule has 4 rings (SSSR count). The summed E-state index contributed by atoms with van der Waals surface area (Å²) in [7, 11) is 0. The molecule has 3 aromatic rings. The highest BCUT2D eigenvalue weighted by Crippen LogP contribution is 2.40. The Kier molecular flexibility index (Phi) is 7.00. The van der Waals surface area contributed by atoms with Crippen LogP contribution in [0.4, 0.5) is 15.8 Å². The molecule has 0 aliphatic carbocycles. The van der Waals surface area contributed by atoms with E-state index >= 15 is 0 Å². The summed E-state index contributed by atoms with van der Waals surface area (Å²) >= 11 is 1.29. The van der Waals surface area contributed by atoms with Gasteiger partial charge < -0.3 is 16.4 Å². The van der Waals surface area contributed by atoms with E-state index in [2.05, 4.69) is 10.6 Å². The van der Waals surface area contributed by atoms with Crippen molar-refractivity contribution in [2.24, 2.45) is 11.1 Å². The fourth-order valence-electron chi connectivity index (χ4n) is 3.84. The first kappa shape index (κ1) is 24.6. The van der Waals surface area contributed by atoms with Gasteiger partial charge in [-0.2, -0.15) is 0 Å². The number of carbonyl (C=O) groups excluding carboxylic acids is 3. The van der Waals surface area contributed by atoms with E-state index in [0.29, 0.717) is 40.5 Å². The SMILES string of the molecule is CC(C)(CN)CNC(=O)c1ccc2c(c1)NC(=O)CC(c1ccc(F)cc1)N2C(=O)c1cccs1. The summed E-state index contributed by atoms with van der Waals surface area (Å²) in [5.74, 6) is -1.31. The van der Waals surface area contributed by atoms with E-state index in [1.807, 2.05) is 13.8 Å². The maximum absolute atomic E-state index is 13.6. The molecule has 0 saturated heterocycles. The van der Waals surface area contributed by atoms with Crippen molar-refractivity contribution < 1.29 is 18.8 Å². The van der Waals surface area contributed by atoms with Crippen molar-refractivity contribution in [1.82, 2.24) is 5.32 Å². The second-order valence-corrected chi connectivity index (χ2v) is 10.2. The zero-order valence-corrected chi connectivity index (χ0v) is 20.3. The largest absolute Gasteiger partial charge is 0.351 e. The highest BCUT2D eigenvalue weighted by Gasteiger charge is 2.35. The van der Waals surface area contributed by atoms with Gasteiger partial charge in [-0.25, -0.2) is 4.39 Å². The van der Waals surface area contributed by atoms with Crippen LogP contribution < -0.4 is 21.3 Å². The van der Waals surface area contributed by atoms with Gasteiger partial charge in [-0.1, -0.05) is 32.0 Å². The third kappa shape index (κ3) is 5.41. The van der Waals surface area contributed by atoms with Gasteiger partial charge in [0.1, 0.15) is 5.82 Å². The standard InChI is InChI=1S/C26H27FN4O3S/c1-26(2,14-28)15-29-24(33)17-7-10-20-19(12-17)30-23(32)13-21(16-5-8-18(27)9-6-16)31(20)25(34)22-4-3-11-35-22/h3-12,21H,13-15,28H2,1-2H3,(H,29,33)(H,30,32). The monoisotopic (exact) mass is 494 g/mol. The molecule has 2 heterocycles. The topological polar surface area (TPSA) is 105 Å². The van der Waals surface area contributed by atoms with E-state index in [0.717, 1.165) is 0 Å². The molecule has 1 aliphatic rings. The van der Waals surface area contributed by atoms with Crippen LogP contribution in [0.25, 0.3) is 0 Å². The summed E-state index contributed by atoms with van der Waals surface area (Å²) in [5, 5.41) is 7.52. The van der Waals surface area contributed by atoms with E-state index in [-0.39, 0.29) is 29.6 Å². The van der Waals surface area contributed by atoms with Gasteiger partial charge >= 0.3 is 0 Å². The number of nitrogens with zero attached hydrogens (tertiary/aromatic N) is 1. The summed E-state index contributed by atoms with van der Waals surface area (Å²) in [6, 6.07) is 13.5. The van der Waals surface area contributed by atoms with Crippen molar-refractivity contribution in [3.05, 3.63) is 81.8 Å². The number of nitrogens with one attached hydrogen (secondary N) is 2. The van der Waals surface area contributed by atoms with Crippen LogP contribution in [-0.2, 0) is 4.79 Å². The first-order chi connectivity index (χ1) is 16.7. The summed E-state index contributed by atoms with van der Waals surface area (Å²) in [6.45, 7) is 4.71. The van der Waals surface area contributed by atoms with Gasteiger partial charge in [0.05, 0.1) is 28.7 Å². The first-order valence-corrected chi connectivity index (χ1v) is 12.1. The molecule has 3 amide bonds. The van der Waals surface area contributed by atoms with Crippen molar-refractivity contribution in [1.29, 1.82) is 0 Å². The third-order valence-corrected chi connectivity index (χ3v) is 6.83. The number of nitrogens with two attached hydrogens (primary N) is 1. The van der Waals surface area contributed by atoms with Crippen molar-refractivity contribution >= 4 is 40.4 Å². The van der Waals surface area contributed by atoms with E-state index < -0.39 is 11.9 Å². The number of thiophene rings is 1. The normalized spacial score (nSPS) is 15.7. The van der Waals surface area contributed by atoms with E-state index in [1.54, 1.807) is 52.7 Å². The lowest BCUT2D eigenvalue weighted by Gasteiger charge is -2.30. The summed E-state index contributed by atoms with van der Waals surface area (Å²) < 4.78 is 13.6. The Morgan fingerprint density at radius 2 is 1.94 bits per heavy atom. The molecule has 0 spiro atoms. The molecule has 0 saturated carbocycles. The van der Waals surface area contributed by atoms with Crippen molar-refractivity contribution in [3.8, 4) is 0 Å². The molecule has 7 nitrogen and oxygen atoms in total. The van der Waals surface area contributed by atoms with E-state index in [9.17, 15) is 18.8 Å². The van der Waals surface area contributed by atoms with Gasteiger partial charge in [0, 0.05) is 12.1 Å². The second-order valence-electron chi connectivity index (χ2n) is 9.26. The Hall–Kier alpha value is -3.56. The van der Waals surface area contributed by atoms with Crippen LogP contribution in [0.2, 0.25) is 0 Å². The average molecular weight is 495 g/mol. The number of benzene rings is 2. The zero-order valence-electron chi connectivity index (χ0n) is 19.5. The van der Waals surface area contributed by atoms with Crippen molar-refractivity contribution in [2.75, 3.05) is 23.3 Å². The predicted molar refractivity (Wildman–Crippen MR) is 135 cm³/mol. The molecule has 1 unspecified atom stereocenters. The van der Waals surface area contributed by atoms with Gasteiger partial charge in [0.2, 0.25) is 5.91 Å². The lowest BCUT2D eigenvalue weighted by atomic mass is 9.94. The quantitative estimate of drug-likeness (QED) is 0.474.